The third-order valence-electron chi connectivity index (χ3n) is 3.09. The molecule has 84 valence electrons. The lowest BCUT2D eigenvalue weighted by molar-refractivity contribution is 0.383. The van der Waals surface area contributed by atoms with E-state index >= 15 is 0 Å². The number of nitrogens with one attached hydrogen (secondary N) is 1. The Labute approximate surface area is 93.9 Å². The van der Waals surface area contributed by atoms with E-state index in [1.165, 1.54) is 12.0 Å². The highest BCUT2D eigenvalue weighted by atomic mass is 14.8. The maximum Gasteiger partial charge on any atom is 0.0205 e. The lowest BCUT2D eigenvalue weighted by atomic mass is 9.95. The zero-order valence-corrected chi connectivity index (χ0v) is 10.2. The van der Waals surface area contributed by atoms with Gasteiger partial charge in [0.15, 0.2) is 0 Å². The minimum Gasteiger partial charge on any atom is -0.313 e. The van der Waals surface area contributed by atoms with Crippen LogP contribution >= 0.6 is 0 Å². The molecule has 0 aliphatic carbocycles. The largest absolute Gasteiger partial charge is 0.313 e. The maximum absolute atomic E-state index is 3.49. The van der Waals surface area contributed by atoms with Crippen LogP contribution < -0.4 is 5.32 Å². The summed E-state index contributed by atoms with van der Waals surface area (Å²) in [5.74, 6) is 1.61. The Hall–Kier alpha value is -0.820. The minimum absolute atomic E-state index is 0.795. The molecule has 0 radical (unpaired) electrons. The second-order valence-corrected chi connectivity index (χ2v) is 4.67. The number of hydrogen-bond acceptors (Lipinski definition) is 1. The van der Waals surface area contributed by atoms with Crippen molar-refractivity contribution in [3.63, 3.8) is 0 Å². The molecule has 0 spiro atoms. The van der Waals surface area contributed by atoms with Gasteiger partial charge in [-0.1, -0.05) is 51.1 Å². The average molecular weight is 205 g/mol. The van der Waals surface area contributed by atoms with Crippen molar-refractivity contribution in [2.24, 2.45) is 11.8 Å². The summed E-state index contributed by atoms with van der Waals surface area (Å²) >= 11 is 0. The Balaban J connectivity index is 2.12. The lowest BCUT2D eigenvalue weighted by Gasteiger charge is -2.15. The van der Waals surface area contributed by atoms with Crippen LogP contribution in [0.3, 0.4) is 0 Å². The van der Waals surface area contributed by atoms with Crippen LogP contribution in [0.2, 0.25) is 0 Å². The van der Waals surface area contributed by atoms with Crippen molar-refractivity contribution in [1.29, 1.82) is 0 Å². The third-order valence-corrected chi connectivity index (χ3v) is 3.09. The molecule has 1 aromatic carbocycles. The van der Waals surface area contributed by atoms with Crippen molar-refractivity contribution in [2.75, 3.05) is 6.54 Å². The lowest BCUT2D eigenvalue weighted by Crippen LogP contribution is -2.18. The Bertz CT molecular complexity index is 253. The van der Waals surface area contributed by atoms with E-state index in [9.17, 15) is 0 Å². The molecule has 0 unspecified atom stereocenters. The van der Waals surface area contributed by atoms with Gasteiger partial charge in [0, 0.05) is 6.54 Å². The molecule has 15 heavy (non-hydrogen) atoms. The summed E-state index contributed by atoms with van der Waals surface area (Å²) in [6.07, 6.45) is 1.27. The van der Waals surface area contributed by atoms with Crippen LogP contribution in [0.4, 0.5) is 0 Å². The summed E-state index contributed by atoms with van der Waals surface area (Å²) in [6.45, 7) is 9.03. The van der Waals surface area contributed by atoms with Gasteiger partial charge in [0.1, 0.15) is 0 Å². The number of hydrogen-bond donors (Lipinski definition) is 1. The Kier molecular flexibility index (Phi) is 5.41. The van der Waals surface area contributed by atoms with E-state index in [4.69, 9.17) is 0 Å². The highest BCUT2D eigenvalue weighted by molar-refractivity contribution is 5.14. The molecule has 0 aliphatic rings. The maximum atomic E-state index is 3.49. The molecule has 0 saturated carbocycles. The molecule has 1 nitrogen and oxygen atoms in total. The van der Waals surface area contributed by atoms with Crippen LogP contribution in [0.1, 0.15) is 32.8 Å². The van der Waals surface area contributed by atoms with Gasteiger partial charge >= 0.3 is 0 Å². The zero-order valence-electron chi connectivity index (χ0n) is 10.2. The second kappa shape index (κ2) is 6.62. The number of rotatable bonds is 6. The SMILES string of the molecule is CC(C)[C@H](C)CCNCc1ccccc1. The normalized spacial score (nSPS) is 13.1. The molecular formula is C14H23N. The molecule has 0 aliphatic heterocycles. The van der Waals surface area contributed by atoms with Crippen LogP contribution in [0.25, 0.3) is 0 Å². The Morgan fingerprint density at radius 1 is 1.07 bits per heavy atom. The van der Waals surface area contributed by atoms with E-state index in [0.717, 1.165) is 24.9 Å². The highest BCUT2D eigenvalue weighted by Crippen LogP contribution is 2.12. The summed E-state index contributed by atoms with van der Waals surface area (Å²) in [5.41, 5.74) is 1.37. The molecule has 0 aromatic heterocycles. The topological polar surface area (TPSA) is 12.0 Å². The first-order valence-electron chi connectivity index (χ1n) is 5.94. The first-order chi connectivity index (χ1) is 7.20. The smallest absolute Gasteiger partial charge is 0.0205 e. The van der Waals surface area contributed by atoms with E-state index in [0.29, 0.717) is 0 Å². The molecule has 0 bridgehead atoms. The molecule has 1 atom stereocenters. The molecule has 0 heterocycles. The Morgan fingerprint density at radius 2 is 1.73 bits per heavy atom. The van der Waals surface area contributed by atoms with Crippen molar-refractivity contribution in [1.82, 2.24) is 5.32 Å². The fourth-order valence-electron chi connectivity index (χ4n) is 1.49. The van der Waals surface area contributed by atoms with Gasteiger partial charge in [0.05, 0.1) is 0 Å². The fraction of sp³-hybridized carbons (Fsp3) is 0.571. The first kappa shape index (κ1) is 12.3. The van der Waals surface area contributed by atoms with Crippen LogP contribution in [0.5, 0.6) is 0 Å². The predicted octanol–water partition coefficient (Wildman–Crippen LogP) is 3.46. The molecular weight excluding hydrogens is 182 g/mol. The van der Waals surface area contributed by atoms with Crippen LogP contribution in [0.15, 0.2) is 30.3 Å². The monoisotopic (exact) mass is 205 g/mol. The molecule has 0 fully saturated rings. The molecule has 1 rings (SSSR count). The molecule has 1 aromatic rings. The van der Waals surface area contributed by atoms with Crippen LogP contribution in [0, 0.1) is 11.8 Å². The first-order valence-corrected chi connectivity index (χ1v) is 5.94. The quantitative estimate of drug-likeness (QED) is 0.701. The van der Waals surface area contributed by atoms with Crippen molar-refractivity contribution in [3.05, 3.63) is 35.9 Å². The third kappa shape index (κ3) is 4.98. The van der Waals surface area contributed by atoms with Gasteiger partial charge in [-0.2, -0.15) is 0 Å². The molecule has 1 N–H and O–H groups in total. The van der Waals surface area contributed by atoms with E-state index in [1.807, 2.05) is 0 Å². The van der Waals surface area contributed by atoms with Crippen molar-refractivity contribution in [2.45, 2.75) is 33.7 Å². The average Bonchev–Trinajstić information content (AvgIpc) is 2.25. The summed E-state index contributed by atoms with van der Waals surface area (Å²) in [7, 11) is 0. The van der Waals surface area contributed by atoms with E-state index in [-0.39, 0.29) is 0 Å². The summed E-state index contributed by atoms with van der Waals surface area (Å²) in [4.78, 5) is 0. The summed E-state index contributed by atoms with van der Waals surface area (Å²) in [6, 6.07) is 10.6. The van der Waals surface area contributed by atoms with E-state index in [2.05, 4.69) is 56.4 Å². The molecule has 0 amide bonds. The number of benzene rings is 1. The van der Waals surface area contributed by atoms with E-state index in [1.54, 1.807) is 0 Å². The van der Waals surface area contributed by atoms with Crippen LogP contribution in [-0.2, 0) is 6.54 Å². The zero-order chi connectivity index (χ0) is 11.1. The van der Waals surface area contributed by atoms with Gasteiger partial charge in [-0.25, -0.2) is 0 Å². The van der Waals surface area contributed by atoms with Gasteiger partial charge in [0.25, 0.3) is 0 Å². The van der Waals surface area contributed by atoms with Crippen molar-refractivity contribution in [3.8, 4) is 0 Å². The fourth-order valence-corrected chi connectivity index (χ4v) is 1.49. The summed E-state index contributed by atoms with van der Waals surface area (Å²) in [5, 5.41) is 3.49. The van der Waals surface area contributed by atoms with Gasteiger partial charge in [0.2, 0.25) is 0 Å². The van der Waals surface area contributed by atoms with E-state index < -0.39 is 0 Å². The van der Waals surface area contributed by atoms with Gasteiger partial charge in [-0.05, 0) is 30.4 Å². The second-order valence-electron chi connectivity index (χ2n) is 4.67. The standard InChI is InChI=1S/C14H23N/c1-12(2)13(3)9-10-15-11-14-7-5-4-6-8-14/h4-8,12-13,15H,9-11H2,1-3H3/t13-/m1/s1. The van der Waals surface area contributed by atoms with Crippen molar-refractivity contribution < 1.29 is 0 Å². The molecule has 1 heteroatoms. The minimum atomic E-state index is 0.795. The predicted molar refractivity (Wildman–Crippen MR) is 66.8 cm³/mol. The van der Waals surface area contributed by atoms with Gasteiger partial charge in [-0.15, -0.1) is 0 Å². The highest BCUT2D eigenvalue weighted by Gasteiger charge is 2.05. The van der Waals surface area contributed by atoms with Crippen LogP contribution in [-0.4, -0.2) is 6.54 Å². The summed E-state index contributed by atoms with van der Waals surface area (Å²) < 4.78 is 0. The molecule has 0 saturated heterocycles. The van der Waals surface area contributed by atoms with Crippen molar-refractivity contribution >= 4 is 0 Å². The van der Waals surface area contributed by atoms with Gasteiger partial charge in [-0.3, -0.25) is 0 Å². The van der Waals surface area contributed by atoms with Gasteiger partial charge < -0.3 is 5.32 Å². The Morgan fingerprint density at radius 3 is 2.33 bits per heavy atom.